The average Bonchev–Trinajstić information content (AvgIpc) is 2.82. The summed E-state index contributed by atoms with van der Waals surface area (Å²) in [5.74, 6) is -0.254. The molecule has 0 unspecified atom stereocenters. The Balaban J connectivity index is 2.04. The number of carbonyl (C=O) groups is 2. The zero-order chi connectivity index (χ0) is 23.3. The molecular weight excluding hydrogens is 428 g/mol. The van der Waals surface area contributed by atoms with Crippen molar-refractivity contribution in [2.75, 3.05) is 14.2 Å². The number of carbonyl (C=O) groups excluding carboxylic acids is 2. The van der Waals surface area contributed by atoms with Gasteiger partial charge >= 0.3 is 0 Å². The van der Waals surface area contributed by atoms with Crippen LogP contribution in [-0.4, -0.2) is 39.5 Å². The number of ether oxygens (including phenoxy) is 2. The molecule has 3 aromatic carbocycles. The van der Waals surface area contributed by atoms with Gasteiger partial charge in [-0.05, 0) is 43.3 Å². The Morgan fingerprint density at radius 3 is 1.91 bits per heavy atom. The van der Waals surface area contributed by atoms with Crippen LogP contribution in [0.25, 0.3) is 0 Å². The molecular formula is C25H24O6S. The molecule has 0 spiro atoms. The first-order valence-electron chi connectivity index (χ1n) is 9.92. The number of hydrogen-bond acceptors (Lipinski definition) is 6. The second-order valence-electron chi connectivity index (χ2n) is 7.30. The highest BCUT2D eigenvalue weighted by Crippen LogP contribution is 2.26. The van der Waals surface area contributed by atoms with Crippen LogP contribution in [0.1, 0.15) is 32.7 Å². The molecule has 3 aromatic rings. The number of sulfone groups is 1. The maximum atomic E-state index is 13.5. The highest BCUT2D eigenvalue weighted by atomic mass is 32.2. The molecule has 0 aliphatic rings. The summed E-state index contributed by atoms with van der Waals surface area (Å²) in [5, 5.41) is -1.59. The summed E-state index contributed by atoms with van der Waals surface area (Å²) in [4.78, 5) is 26.4. The Bertz CT molecular complexity index is 1230. The molecule has 0 heterocycles. The molecule has 0 aliphatic carbocycles. The van der Waals surface area contributed by atoms with Crippen molar-refractivity contribution in [2.24, 2.45) is 0 Å². The van der Waals surface area contributed by atoms with Crippen molar-refractivity contribution in [1.29, 1.82) is 0 Å². The molecule has 0 N–H and O–H groups in total. The lowest BCUT2D eigenvalue weighted by atomic mass is 10.0. The van der Waals surface area contributed by atoms with Crippen LogP contribution in [0, 0.1) is 6.92 Å². The van der Waals surface area contributed by atoms with Crippen molar-refractivity contribution < 1.29 is 27.5 Å². The van der Waals surface area contributed by atoms with E-state index in [1.54, 1.807) is 42.5 Å². The van der Waals surface area contributed by atoms with Gasteiger partial charge in [-0.15, -0.1) is 0 Å². The van der Waals surface area contributed by atoms with Crippen molar-refractivity contribution in [3.05, 3.63) is 89.5 Å². The standard InChI is InChI=1S/C25H24O6S/c1-17-10-12-22(13-11-17)32(28,29)24(25(27)19-7-5-9-21(15-19)31-3)16-23(26)18-6-4-8-20(14-18)30-2/h4-15,24H,16H2,1-3H3/t24-/m1/s1. The van der Waals surface area contributed by atoms with Gasteiger partial charge < -0.3 is 9.47 Å². The first-order valence-corrected chi connectivity index (χ1v) is 11.5. The van der Waals surface area contributed by atoms with Gasteiger partial charge in [0, 0.05) is 17.5 Å². The number of methoxy groups -OCH3 is 2. The van der Waals surface area contributed by atoms with Crippen LogP contribution in [0.15, 0.2) is 77.7 Å². The number of Topliss-reactive ketones (excluding diaryl/α,β-unsaturated/α-hetero) is 2. The third-order valence-corrected chi connectivity index (χ3v) is 7.19. The van der Waals surface area contributed by atoms with Crippen molar-refractivity contribution in [3.8, 4) is 11.5 Å². The maximum Gasteiger partial charge on any atom is 0.189 e. The van der Waals surface area contributed by atoms with Gasteiger partial charge in [-0.25, -0.2) is 8.42 Å². The first-order chi connectivity index (χ1) is 15.3. The van der Waals surface area contributed by atoms with Crippen molar-refractivity contribution in [3.63, 3.8) is 0 Å². The Kier molecular flexibility index (Phi) is 7.10. The van der Waals surface area contributed by atoms with E-state index >= 15 is 0 Å². The van der Waals surface area contributed by atoms with Crippen LogP contribution in [0.5, 0.6) is 11.5 Å². The largest absolute Gasteiger partial charge is 0.497 e. The quantitative estimate of drug-likeness (QED) is 0.450. The topological polar surface area (TPSA) is 86.7 Å². The molecule has 166 valence electrons. The zero-order valence-electron chi connectivity index (χ0n) is 18.1. The summed E-state index contributed by atoms with van der Waals surface area (Å²) < 4.78 is 37.3. The van der Waals surface area contributed by atoms with Crippen LogP contribution in [-0.2, 0) is 9.84 Å². The Morgan fingerprint density at radius 2 is 1.34 bits per heavy atom. The van der Waals surface area contributed by atoms with Crippen LogP contribution >= 0.6 is 0 Å². The highest BCUT2D eigenvalue weighted by molar-refractivity contribution is 7.92. The van der Waals surface area contributed by atoms with E-state index in [4.69, 9.17) is 9.47 Å². The van der Waals surface area contributed by atoms with Crippen LogP contribution in [0.3, 0.4) is 0 Å². The number of aryl methyl sites for hydroxylation is 1. The van der Waals surface area contributed by atoms with E-state index in [1.807, 2.05) is 6.92 Å². The molecule has 0 aromatic heterocycles. The van der Waals surface area contributed by atoms with Gasteiger partial charge in [0.05, 0.1) is 19.1 Å². The average molecular weight is 453 g/mol. The van der Waals surface area contributed by atoms with Crippen LogP contribution in [0.2, 0.25) is 0 Å². The minimum Gasteiger partial charge on any atom is -0.497 e. The van der Waals surface area contributed by atoms with Crippen molar-refractivity contribution in [2.45, 2.75) is 23.5 Å². The van der Waals surface area contributed by atoms with Gasteiger partial charge in [-0.2, -0.15) is 0 Å². The molecule has 0 radical (unpaired) electrons. The number of hydrogen-bond donors (Lipinski definition) is 0. The molecule has 3 rings (SSSR count). The fourth-order valence-electron chi connectivity index (χ4n) is 3.28. The van der Waals surface area contributed by atoms with E-state index in [9.17, 15) is 18.0 Å². The smallest absolute Gasteiger partial charge is 0.189 e. The second kappa shape index (κ2) is 9.78. The van der Waals surface area contributed by atoms with Crippen LogP contribution < -0.4 is 9.47 Å². The third-order valence-electron chi connectivity index (χ3n) is 5.13. The monoisotopic (exact) mass is 452 g/mol. The Labute approximate surface area is 187 Å². The minimum atomic E-state index is -4.15. The van der Waals surface area contributed by atoms with Gasteiger partial charge in [0.25, 0.3) is 0 Å². The lowest BCUT2D eigenvalue weighted by Crippen LogP contribution is -2.33. The van der Waals surface area contributed by atoms with Gasteiger partial charge in [-0.1, -0.05) is 42.0 Å². The summed E-state index contributed by atoms with van der Waals surface area (Å²) in [7, 11) is -1.22. The Hall–Kier alpha value is -3.45. The fraction of sp³-hybridized carbons (Fsp3) is 0.200. The van der Waals surface area contributed by atoms with Gasteiger partial charge in [-0.3, -0.25) is 9.59 Å². The molecule has 0 saturated heterocycles. The second-order valence-corrected chi connectivity index (χ2v) is 9.43. The van der Waals surface area contributed by atoms with E-state index in [2.05, 4.69) is 0 Å². The maximum absolute atomic E-state index is 13.5. The summed E-state index contributed by atoms with van der Waals surface area (Å²) in [6, 6.07) is 18.9. The highest BCUT2D eigenvalue weighted by Gasteiger charge is 2.36. The number of benzene rings is 3. The lowest BCUT2D eigenvalue weighted by molar-refractivity contribution is 0.0920. The van der Waals surface area contributed by atoms with E-state index in [1.165, 1.54) is 44.6 Å². The zero-order valence-corrected chi connectivity index (χ0v) is 18.9. The molecule has 0 amide bonds. The molecule has 0 saturated carbocycles. The molecule has 0 fully saturated rings. The number of rotatable bonds is 9. The van der Waals surface area contributed by atoms with Gasteiger partial charge in [0.15, 0.2) is 21.4 Å². The normalized spacial score (nSPS) is 12.1. The van der Waals surface area contributed by atoms with E-state index in [-0.39, 0.29) is 16.0 Å². The van der Waals surface area contributed by atoms with E-state index in [0.717, 1.165) is 5.56 Å². The molecule has 1 atom stereocenters. The predicted molar refractivity (Wildman–Crippen MR) is 121 cm³/mol. The Morgan fingerprint density at radius 1 is 0.812 bits per heavy atom. The summed E-state index contributed by atoms with van der Waals surface area (Å²) in [6.07, 6.45) is -0.501. The molecule has 0 bridgehead atoms. The van der Waals surface area contributed by atoms with Crippen molar-refractivity contribution in [1.82, 2.24) is 0 Å². The van der Waals surface area contributed by atoms with Crippen LogP contribution in [0.4, 0.5) is 0 Å². The summed E-state index contributed by atoms with van der Waals surface area (Å²) in [5.41, 5.74) is 1.31. The SMILES string of the molecule is COc1cccc(C(=O)C[C@H](C(=O)c2cccc(OC)c2)S(=O)(=O)c2ccc(C)cc2)c1. The van der Waals surface area contributed by atoms with Gasteiger partial charge in [0.1, 0.15) is 16.7 Å². The van der Waals surface area contributed by atoms with Crippen molar-refractivity contribution >= 4 is 21.4 Å². The fourth-order valence-corrected chi connectivity index (χ4v) is 4.91. The van der Waals surface area contributed by atoms with E-state index in [0.29, 0.717) is 11.5 Å². The summed E-state index contributed by atoms with van der Waals surface area (Å²) in [6.45, 7) is 1.83. The van der Waals surface area contributed by atoms with E-state index < -0.39 is 33.1 Å². The predicted octanol–water partition coefficient (Wildman–Crippen LogP) is 4.31. The van der Waals surface area contributed by atoms with Gasteiger partial charge in [0.2, 0.25) is 0 Å². The molecule has 32 heavy (non-hydrogen) atoms. The number of ketones is 2. The molecule has 6 nitrogen and oxygen atoms in total. The summed E-state index contributed by atoms with van der Waals surface area (Å²) >= 11 is 0. The minimum absolute atomic E-state index is 0.0113. The first kappa shape index (κ1) is 23.2. The lowest BCUT2D eigenvalue weighted by Gasteiger charge is -2.17. The molecule has 0 aliphatic heterocycles. The molecule has 7 heteroatoms. The third kappa shape index (κ3) is 5.06.